The summed E-state index contributed by atoms with van der Waals surface area (Å²) < 4.78 is 49.2. The topological polar surface area (TPSA) is 56.7 Å². The van der Waals surface area contributed by atoms with Gasteiger partial charge in [0.05, 0.1) is 5.69 Å². The molecule has 4 aromatic rings. The molecule has 1 saturated carbocycles. The zero-order valence-electron chi connectivity index (χ0n) is 18.7. The van der Waals surface area contributed by atoms with Crippen LogP contribution in [0.3, 0.4) is 0 Å². The van der Waals surface area contributed by atoms with Crippen molar-refractivity contribution >= 4 is 11.6 Å². The van der Waals surface area contributed by atoms with E-state index in [0.717, 1.165) is 22.5 Å². The van der Waals surface area contributed by atoms with Crippen molar-refractivity contribution in [1.29, 1.82) is 0 Å². The molecule has 0 aliphatic heterocycles. The number of hydrogen-bond acceptors (Lipinski definition) is 4. The van der Waals surface area contributed by atoms with Crippen LogP contribution in [-0.4, -0.2) is 25.9 Å². The third-order valence-electron chi connectivity index (χ3n) is 6.57. The molecule has 0 amide bonds. The van der Waals surface area contributed by atoms with Crippen molar-refractivity contribution in [3.05, 3.63) is 70.7 Å². The summed E-state index contributed by atoms with van der Waals surface area (Å²) in [5.41, 5.74) is 1.79. The predicted octanol–water partition coefficient (Wildman–Crippen LogP) is 7.10. The maximum Gasteiger partial charge on any atom is 0.403 e. The molecule has 0 radical (unpaired) electrons. The molecule has 2 heterocycles. The van der Waals surface area contributed by atoms with E-state index in [4.69, 9.17) is 21.0 Å². The molecular formula is C25H22ClF3N4O. The molecule has 176 valence electrons. The number of rotatable bonds is 5. The first-order chi connectivity index (χ1) is 16.2. The highest BCUT2D eigenvalue weighted by Crippen LogP contribution is 2.54. The van der Waals surface area contributed by atoms with Crippen LogP contribution in [0.4, 0.5) is 13.2 Å². The minimum atomic E-state index is -4.45. The summed E-state index contributed by atoms with van der Waals surface area (Å²) in [6.45, 7) is 3.94. The molecule has 0 saturated heterocycles. The van der Waals surface area contributed by atoms with E-state index >= 15 is 0 Å². The Kier molecular flexibility index (Phi) is 5.51. The van der Waals surface area contributed by atoms with Crippen molar-refractivity contribution < 1.29 is 17.6 Å². The molecular weight excluding hydrogens is 465 g/mol. The lowest BCUT2D eigenvalue weighted by atomic mass is 9.68. The summed E-state index contributed by atoms with van der Waals surface area (Å²) in [4.78, 5) is 4.84. The van der Waals surface area contributed by atoms with E-state index in [1.807, 2.05) is 54.8 Å². The van der Waals surface area contributed by atoms with Crippen LogP contribution in [-0.2, 0) is 11.8 Å². The first kappa shape index (κ1) is 22.7. The second kappa shape index (κ2) is 8.27. The summed E-state index contributed by atoms with van der Waals surface area (Å²) in [7, 11) is 0. The molecule has 2 aromatic heterocycles. The summed E-state index contributed by atoms with van der Waals surface area (Å²) >= 11 is 6.11. The lowest BCUT2D eigenvalue weighted by Gasteiger charge is -2.39. The summed E-state index contributed by atoms with van der Waals surface area (Å²) in [5.74, 6) is 0.243. The van der Waals surface area contributed by atoms with Gasteiger partial charge >= 0.3 is 6.18 Å². The predicted molar refractivity (Wildman–Crippen MR) is 123 cm³/mol. The van der Waals surface area contributed by atoms with Gasteiger partial charge in [-0.2, -0.15) is 13.2 Å². The van der Waals surface area contributed by atoms with Gasteiger partial charge in [0.15, 0.2) is 0 Å². The average molecular weight is 487 g/mol. The summed E-state index contributed by atoms with van der Waals surface area (Å²) in [5, 5.41) is 8.46. The fourth-order valence-corrected chi connectivity index (χ4v) is 4.61. The monoisotopic (exact) mass is 486 g/mol. The Morgan fingerprint density at radius 1 is 1.06 bits per heavy atom. The molecule has 34 heavy (non-hydrogen) atoms. The number of aromatic nitrogens is 4. The van der Waals surface area contributed by atoms with E-state index in [0.29, 0.717) is 29.4 Å². The van der Waals surface area contributed by atoms with Gasteiger partial charge in [0.1, 0.15) is 16.9 Å². The van der Waals surface area contributed by atoms with Gasteiger partial charge in [-0.25, -0.2) is 4.98 Å². The molecule has 1 fully saturated rings. The maximum atomic E-state index is 13.8. The van der Waals surface area contributed by atoms with Crippen LogP contribution in [0.15, 0.2) is 52.9 Å². The van der Waals surface area contributed by atoms with E-state index in [1.165, 1.54) is 0 Å². The third kappa shape index (κ3) is 3.52. The highest BCUT2D eigenvalue weighted by atomic mass is 35.5. The lowest BCUT2D eigenvalue weighted by Crippen LogP contribution is -2.48. The van der Waals surface area contributed by atoms with Gasteiger partial charge in [0.2, 0.25) is 5.89 Å². The van der Waals surface area contributed by atoms with Crippen molar-refractivity contribution in [3.63, 3.8) is 0 Å². The SMILES string of the molecule is CCc1c(-c2nnc(C3(C(F)(F)F)CCC3)o2)nc(-c2ccccc2C)n1-c1ccc(Cl)cc1. The molecule has 0 N–H and O–H groups in total. The number of halogens is 4. The van der Waals surface area contributed by atoms with Crippen molar-refractivity contribution in [2.45, 2.75) is 51.1 Å². The Bertz CT molecular complexity index is 1340. The average Bonchev–Trinajstić information content (AvgIpc) is 3.38. The zero-order chi connectivity index (χ0) is 24.1. The van der Waals surface area contributed by atoms with Crippen molar-refractivity contribution in [2.24, 2.45) is 0 Å². The Hall–Kier alpha value is -3.13. The largest absolute Gasteiger partial charge is 0.418 e. The molecule has 5 rings (SSSR count). The highest BCUT2D eigenvalue weighted by molar-refractivity contribution is 6.30. The zero-order valence-corrected chi connectivity index (χ0v) is 19.4. The molecule has 0 bridgehead atoms. The normalized spacial score (nSPS) is 15.4. The Morgan fingerprint density at radius 2 is 1.76 bits per heavy atom. The molecule has 2 aromatic carbocycles. The lowest BCUT2D eigenvalue weighted by molar-refractivity contribution is -0.219. The molecule has 0 atom stereocenters. The highest BCUT2D eigenvalue weighted by Gasteiger charge is 2.63. The summed E-state index contributed by atoms with van der Waals surface area (Å²) in [6.07, 6.45) is -3.53. The van der Waals surface area contributed by atoms with Crippen LogP contribution in [0.1, 0.15) is 43.3 Å². The smallest absolute Gasteiger partial charge is 0.403 e. The molecule has 0 unspecified atom stereocenters. The Balaban J connectivity index is 1.71. The fraction of sp³-hybridized carbons (Fsp3) is 0.320. The van der Waals surface area contributed by atoms with Crippen molar-refractivity contribution in [3.8, 4) is 28.7 Å². The van der Waals surface area contributed by atoms with Gasteiger partial charge in [-0.3, -0.25) is 4.57 Å². The van der Waals surface area contributed by atoms with Gasteiger partial charge < -0.3 is 4.42 Å². The number of benzene rings is 2. The van der Waals surface area contributed by atoms with E-state index in [1.54, 1.807) is 12.1 Å². The van der Waals surface area contributed by atoms with Crippen LogP contribution in [0, 0.1) is 6.92 Å². The second-order valence-electron chi connectivity index (χ2n) is 8.56. The van der Waals surface area contributed by atoms with Crippen LogP contribution < -0.4 is 0 Å². The van der Waals surface area contributed by atoms with E-state index in [2.05, 4.69) is 10.2 Å². The number of alkyl halides is 3. The van der Waals surface area contributed by atoms with E-state index in [9.17, 15) is 13.2 Å². The van der Waals surface area contributed by atoms with E-state index in [-0.39, 0.29) is 24.6 Å². The van der Waals surface area contributed by atoms with Gasteiger partial charge in [-0.15, -0.1) is 10.2 Å². The first-order valence-electron chi connectivity index (χ1n) is 11.1. The molecule has 1 aliphatic carbocycles. The van der Waals surface area contributed by atoms with Crippen molar-refractivity contribution in [2.75, 3.05) is 0 Å². The van der Waals surface area contributed by atoms with Crippen LogP contribution in [0.5, 0.6) is 0 Å². The number of imidazole rings is 1. The van der Waals surface area contributed by atoms with Crippen LogP contribution >= 0.6 is 11.6 Å². The standard InChI is InChI=1S/C25H22ClF3N4O/c1-3-19-20(22-31-32-23(34-22)24(13-6-14-24)25(27,28)29)30-21(18-8-5-4-7-15(18)2)33(19)17-11-9-16(26)10-12-17/h4-5,7-12H,3,6,13-14H2,1-2H3. The number of nitrogens with zero attached hydrogens (tertiary/aromatic N) is 4. The van der Waals surface area contributed by atoms with Gasteiger partial charge in [-0.1, -0.05) is 49.2 Å². The van der Waals surface area contributed by atoms with Crippen LogP contribution in [0.25, 0.3) is 28.7 Å². The molecule has 9 heteroatoms. The third-order valence-corrected chi connectivity index (χ3v) is 6.82. The van der Waals surface area contributed by atoms with Crippen molar-refractivity contribution in [1.82, 2.24) is 19.7 Å². The van der Waals surface area contributed by atoms with Gasteiger partial charge in [0, 0.05) is 16.3 Å². The van der Waals surface area contributed by atoms with Crippen LogP contribution in [0.2, 0.25) is 5.02 Å². The maximum absolute atomic E-state index is 13.8. The second-order valence-corrected chi connectivity index (χ2v) is 8.99. The minimum Gasteiger partial charge on any atom is -0.418 e. The summed E-state index contributed by atoms with van der Waals surface area (Å²) in [6, 6.07) is 15.1. The fourth-order valence-electron chi connectivity index (χ4n) is 4.48. The first-order valence-corrected chi connectivity index (χ1v) is 11.5. The van der Waals surface area contributed by atoms with Gasteiger partial charge in [-0.05, 0) is 56.0 Å². The Morgan fingerprint density at radius 3 is 2.35 bits per heavy atom. The van der Waals surface area contributed by atoms with E-state index < -0.39 is 11.6 Å². The van der Waals surface area contributed by atoms with Gasteiger partial charge in [0.25, 0.3) is 5.89 Å². The Labute approximate surface area is 199 Å². The molecule has 1 aliphatic rings. The molecule has 5 nitrogen and oxygen atoms in total. The number of hydrogen-bond donors (Lipinski definition) is 0. The quantitative estimate of drug-likeness (QED) is 0.302. The minimum absolute atomic E-state index is 0.00933. The number of aryl methyl sites for hydroxylation is 1. The molecule has 0 spiro atoms.